The van der Waals surface area contributed by atoms with Crippen LogP contribution in [0.3, 0.4) is 0 Å². The van der Waals surface area contributed by atoms with Crippen LogP contribution < -0.4 is 18.8 Å². The van der Waals surface area contributed by atoms with Crippen molar-refractivity contribution in [2.45, 2.75) is 26.3 Å². The summed E-state index contributed by atoms with van der Waals surface area (Å²) < 4.78 is 33.3. The van der Waals surface area contributed by atoms with Crippen molar-refractivity contribution in [3.63, 3.8) is 0 Å². The quantitative estimate of drug-likeness (QED) is 0.365. The summed E-state index contributed by atoms with van der Waals surface area (Å²) in [5.74, 6) is 2.34. The lowest BCUT2D eigenvalue weighted by Gasteiger charge is -2.31. The number of aromatic nitrogens is 4. The van der Waals surface area contributed by atoms with Crippen molar-refractivity contribution in [3.05, 3.63) is 83.7 Å². The van der Waals surface area contributed by atoms with Gasteiger partial charge in [-0.2, -0.15) is 0 Å². The fraction of sp³-hybridized carbons (Fsp3) is 0.286. The van der Waals surface area contributed by atoms with Crippen molar-refractivity contribution in [2.75, 3.05) is 40.1 Å². The average molecular weight is 560 g/mol. The van der Waals surface area contributed by atoms with Gasteiger partial charge >= 0.3 is 0 Å². The predicted molar refractivity (Wildman–Crippen MR) is 152 cm³/mol. The molecule has 2 aliphatic heterocycles. The molecule has 11 nitrogen and oxygen atoms in total. The van der Waals surface area contributed by atoms with Crippen molar-refractivity contribution >= 4 is 38.9 Å². The second-order valence-electron chi connectivity index (χ2n) is 9.63. The van der Waals surface area contributed by atoms with Crippen molar-refractivity contribution in [3.8, 4) is 5.75 Å². The molecule has 206 valence electrons. The normalized spacial score (nSPS) is 15.8. The highest BCUT2D eigenvalue weighted by molar-refractivity contribution is 7.92. The molecule has 40 heavy (non-hydrogen) atoms. The minimum Gasteiger partial charge on any atom is -0.493 e. The van der Waals surface area contributed by atoms with Gasteiger partial charge in [-0.1, -0.05) is 6.07 Å². The van der Waals surface area contributed by atoms with Gasteiger partial charge in [0, 0.05) is 50.4 Å². The highest BCUT2D eigenvalue weighted by Crippen LogP contribution is 2.38. The third-order valence-corrected chi connectivity index (χ3v) is 8.95. The number of pyridine rings is 2. The summed E-state index contributed by atoms with van der Waals surface area (Å²) in [6.07, 6.45) is 7.64. The number of rotatable bonds is 7. The van der Waals surface area contributed by atoms with Crippen molar-refractivity contribution in [1.82, 2.24) is 19.9 Å². The molecule has 0 radical (unpaired) electrons. The van der Waals surface area contributed by atoms with Crippen LogP contribution >= 0.6 is 0 Å². The number of aromatic amines is 1. The van der Waals surface area contributed by atoms with Gasteiger partial charge in [-0.3, -0.25) is 9.10 Å². The van der Waals surface area contributed by atoms with Gasteiger partial charge in [0.05, 0.1) is 35.8 Å². The number of ether oxygens (including phenoxy) is 1. The maximum absolute atomic E-state index is 13.4. The van der Waals surface area contributed by atoms with Gasteiger partial charge in [0.1, 0.15) is 17.4 Å². The first-order valence-corrected chi connectivity index (χ1v) is 14.7. The largest absolute Gasteiger partial charge is 0.493 e. The van der Waals surface area contributed by atoms with E-state index in [1.807, 2.05) is 36.1 Å². The minimum absolute atomic E-state index is 0.00335. The maximum Gasteiger partial charge on any atom is 0.261 e. The van der Waals surface area contributed by atoms with Gasteiger partial charge in [0.2, 0.25) is 10.0 Å². The Hall–Kier alpha value is -4.45. The first-order valence-electron chi connectivity index (χ1n) is 13.1. The van der Waals surface area contributed by atoms with Gasteiger partial charge in [-0.15, -0.1) is 0 Å². The van der Waals surface area contributed by atoms with E-state index in [0.29, 0.717) is 60.5 Å². The molecule has 1 aromatic carbocycles. The van der Waals surface area contributed by atoms with Crippen LogP contribution in [-0.2, 0) is 29.4 Å². The van der Waals surface area contributed by atoms with E-state index in [1.54, 1.807) is 48.9 Å². The van der Waals surface area contributed by atoms with Crippen LogP contribution in [0.15, 0.2) is 61.2 Å². The molecule has 5 heterocycles. The number of hydrogen-bond acceptors (Lipinski definition) is 8. The Morgan fingerprint density at radius 2 is 1.90 bits per heavy atom. The Kier molecular flexibility index (Phi) is 6.62. The summed E-state index contributed by atoms with van der Waals surface area (Å²) in [5, 5.41) is 0. The number of nitrogens with zero attached hydrogens (tertiary/aromatic N) is 6. The molecule has 0 fully saturated rings. The molecular weight excluding hydrogens is 530 g/mol. The van der Waals surface area contributed by atoms with E-state index in [0.717, 1.165) is 16.8 Å². The van der Waals surface area contributed by atoms with E-state index in [2.05, 4.69) is 19.9 Å². The van der Waals surface area contributed by atoms with Crippen LogP contribution in [0.2, 0.25) is 0 Å². The van der Waals surface area contributed by atoms with E-state index < -0.39 is 10.0 Å². The van der Waals surface area contributed by atoms with Gasteiger partial charge in [-0.25, -0.2) is 23.4 Å². The zero-order valence-corrected chi connectivity index (χ0v) is 23.1. The topological polar surface area (TPSA) is 125 Å². The molecule has 12 heteroatoms. The number of H-pyrrole nitrogens is 1. The molecule has 4 aromatic rings. The number of benzene rings is 1. The second kappa shape index (κ2) is 10.3. The molecule has 0 aliphatic carbocycles. The average Bonchev–Trinajstić information content (AvgIpc) is 3.46. The molecule has 1 N–H and O–H groups in total. The lowest BCUT2D eigenvalue weighted by atomic mass is 10.1. The molecule has 1 amide bonds. The predicted octanol–water partition coefficient (Wildman–Crippen LogP) is 3.46. The first kappa shape index (κ1) is 25.8. The van der Waals surface area contributed by atoms with Crippen LogP contribution in [-0.4, -0.2) is 60.2 Å². The third kappa shape index (κ3) is 4.53. The molecule has 0 saturated carbocycles. The number of imidazole rings is 1. The number of anilines is 4. The van der Waals surface area contributed by atoms with Crippen LogP contribution in [0, 0.1) is 0 Å². The monoisotopic (exact) mass is 559 g/mol. The third-order valence-electron chi connectivity index (χ3n) is 7.23. The van der Waals surface area contributed by atoms with E-state index >= 15 is 0 Å². The highest BCUT2D eigenvalue weighted by atomic mass is 32.2. The number of carbonyl (C=O) groups excluding carboxylic acids is 1. The summed E-state index contributed by atoms with van der Waals surface area (Å²) >= 11 is 0. The van der Waals surface area contributed by atoms with E-state index in [9.17, 15) is 13.2 Å². The number of sulfonamides is 1. The summed E-state index contributed by atoms with van der Waals surface area (Å²) in [4.78, 5) is 33.3. The van der Waals surface area contributed by atoms with Gasteiger partial charge in [-0.05, 0) is 49.2 Å². The number of amides is 1. The van der Waals surface area contributed by atoms with Gasteiger partial charge < -0.3 is 19.5 Å². The van der Waals surface area contributed by atoms with Crippen LogP contribution in [0.4, 0.5) is 23.0 Å². The Bertz CT molecular complexity index is 1670. The number of fused-ring (bicyclic) bond motifs is 3. The number of hydrogen-bond donors (Lipinski definition) is 1. The van der Waals surface area contributed by atoms with E-state index in [4.69, 9.17) is 4.74 Å². The fourth-order valence-electron chi connectivity index (χ4n) is 5.21. The zero-order valence-electron chi connectivity index (χ0n) is 22.2. The first-order chi connectivity index (χ1) is 19.4. The number of nitrogens with one attached hydrogen (secondary N) is 1. The molecular formula is C28H29N7O4S. The summed E-state index contributed by atoms with van der Waals surface area (Å²) in [6, 6.07) is 11.0. The molecule has 6 rings (SSSR count). The fourth-order valence-corrected chi connectivity index (χ4v) is 6.68. The summed E-state index contributed by atoms with van der Waals surface area (Å²) in [6.45, 7) is 3.08. The Labute approximate surface area is 232 Å². The van der Waals surface area contributed by atoms with E-state index in [-0.39, 0.29) is 18.2 Å². The molecule has 0 atom stereocenters. The second-order valence-corrected chi connectivity index (χ2v) is 11.6. The Balaban J connectivity index is 1.22. The lowest BCUT2D eigenvalue weighted by molar-refractivity contribution is 0.0994. The SMILES string of the molecule is CCN1c2ncc(CCOc3cccc4c3CCS(=O)(=O)N4Cc3ncc[nH]3)cc2C(=O)N(C)c2cccnc21. The lowest BCUT2D eigenvalue weighted by Crippen LogP contribution is -2.37. The standard InChI is InChI=1S/C28H29N7O4S/c1-3-34-26-21(28(36)33(2)23-7-5-11-31-27(23)34)16-19(17-32-26)9-14-39-24-8-4-6-22-20(24)10-15-40(37,38)35(22)18-25-29-12-13-30-25/h4-8,11-13,16-17H,3,9-10,14-15,18H2,1-2H3,(H,29,30). The Morgan fingerprint density at radius 1 is 1.05 bits per heavy atom. The summed E-state index contributed by atoms with van der Waals surface area (Å²) in [7, 11) is -1.73. The molecule has 0 bridgehead atoms. The van der Waals surface area contributed by atoms with E-state index in [1.165, 1.54) is 4.31 Å². The van der Waals surface area contributed by atoms with Crippen molar-refractivity contribution in [1.29, 1.82) is 0 Å². The Morgan fingerprint density at radius 3 is 2.70 bits per heavy atom. The molecule has 0 spiro atoms. The number of carbonyl (C=O) groups is 1. The van der Waals surface area contributed by atoms with Crippen LogP contribution in [0.25, 0.3) is 0 Å². The van der Waals surface area contributed by atoms with Gasteiger partial charge in [0.25, 0.3) is 5.91 Å². The summed E-state index contributed by atoms with van der Waals surface area (Å²) in [5.41, 5.74) is 3.56. The van der Waals surface area contributed by atoms with Crippen molar-refractivity contribution in [2.24, 2.45) is 0 Å². The van der Waals surface area contributed by atoms with Crippen LogP contribution in [0.1, 0.15) is 34.2 Å². The van der Waals surface area contributed by atoms with Gasteiger partial charge in [0.15, 0.2) is 5.82 Å². The van der Waals surface area contributed by atoms with Crippen molar-refractivity contribution < 1.29 is 17.9 Å². The maximum atomic E-state index is 13.4. The smallest absolute Gasteiger partial charge is 0.261 e. The molecule has 2 aliphatic rings. The minimum atomic E-state index is -3.48. The molecule has 3 aromatic heterocycles. The molecule has 0 unspecified atom stereocenters. The van der Waals surface area contributed by atoms with Crippen LogP contribution in [0.5, 0.6) is 5.75 Å². The zero-order chi connectivity index (χ0) is 27.9. The molecule has 0 saturated heterocycles. The highest BCUT2D eigenvalue weighted by Gasteiger charge is 2.33.